The fraction of sp³-hybridized carbons (Fsp3) is 0.750. The van der Waals surface area contributed by atoms with Gasteiger partial charge in [-0.1, -0.05) is 38.7 Å². The Labute approximate surface area is 87.0 Å². The summed E-state index contributed by atoms with van der Waals surface area (Å²) in [5.41, 5.74) is 1.65. The molecule has 0 aliphatic rings. The zero-order valence-electron chi connectivity index (χ0n) is 9.60. The van der Waals surface area contributed by atoms with Crippen LogP contribution in [0.1, 0.15) is 59.3 Å². The third-order valence-corrected chi connectivity index (χ3v) is 2.61. The van der Waals surface area contributed by atoms with Crippen LogP contribution < -0.4 is 0 Å². The van der Waals surface area contributed by atoms with Crippen LogP contribution in [0, 0.1) is 0 Å². The Bertz CT molecular complexity index is 204. The number of unbranched alkanes of at least 4 members (excludes halogenated alkanes) is 3. The summed E-state index contributed by atoms with van der Waals surface area (Å²) in [5, 5.41) is 8.83. The highest BCUT2D eigenvalue weighted by Crippen LogP contribution is 2.17. The van der Waals surface area contributed by atoms with Gasteiger partial charge in [0.15, 0.2) is 0 Å². The molecule has 0 amide bonds. The summed E-state index contributed by atoms with van der Waals surface area (Å²) in [6.45, 7) is 5.92. The fourth-order valence-corrected chi connectivity index (χ4v) is 1.55. The molecule has 0 saturated carbocycles. The van der Waals surface area contributed by atoms with E-state index in [4.69, 9.17) is 5.11 Å². The molecule has 2 nitrogen and oxygen atoms in total. The molecule has 0 bridgehead atoms. The third-order valence-electron chi connectivity index (χ3n) is 2.61. The average molecular weight is 198 g/mol. The van der Waals surface area contributed by atoms with Crippen molar-refractivity contribution in [3.05, 3.63) is 11.1 Å². The summed E-state index contributed by atoms with van der Waals surface area (Å²) < 4.78 is 0. The first-order valence-corrected chi connectivity index (χ1v) is 5.55. The Morgan fingerprint density at radius 1 is 1.14 bits per heavy atom. The summed E-state index contributed by atoms with van der Waals surface area (Å²) in [4.78, 5) is 10.7. The Balaban J connectivity index is 4.02. The second-order valence-corrected chi connectivity index (χ2v) is 3.70. The van der Waals surface area contributed by atoms with Gasteiger partial charge in [0.1, 0.15) is 0 Å². The molecule has 0 aliphatic heterocycles. The first-order valence-electron chi connectivity index (χ1n) is 5.55. The van der Waals surface area contributed by atoms with Gasteiger partial charge in [-0.3, -0.25) is 0 Å². The first-order chi connectivity index (χ1) is 6.63. The molecule has 0 heterocycles. The number of rotatable bonds is 7. The van der Waals surface area contributed by atoms with E-state index in [9.17, 15) is 4.79 Å². The largest absolute Gasteiger partial charge is 0.478 e. The molecule has 0 fully saturated rings. The van der Waals surface area contributed by atoms with Crippen LogP contribution in [0.25, 0.3) is 0 Å². The summed E-state index contributed by atoms with van der Waals surface area (Å²) >= 11 is 0. The smallest absolute Gasteiger partial charge is 0.331 e. The zero-order chi connectivity index (χ0) is 11.0. The number of aliphatic carboxylic acids is 1. The minimum atomic E-state index is -0.766. The lowest BCUT2D eigenvalue weighted by Crippen LogP contribution is -2.01. The number of carboxylic acids is 1. The predicted molar refractivity (Wildman–Crippen MR) is 59.4 cm³/mol. The van der Waals surface area contributed by atoms with Gasteiger partial charge in [0.05, 0.1) is 0 Å². The highest BCUT2D eigenvalue weighted by atomic mass is 16.4. The van der Waals surface area contributed by atoms with E-state index in [-0.39, 0.29) is 0 Å². The number of carbonyl (C=O) groups is 1. The van der Waals surface area contributed by atoms with Gasteiger partial charge in [-0.05, 0) is 26.2 Å². The van der Waals surface area contributed by atoms with Crippen LogP contribution in [-0.2, 0) is 4.79 Å². The van der Waals surface area contributed by atoms with Gasteiger partial charge in [0.25, 0.3) is 0 Å². The maximum absolute atomic E-state index is 10.7. The average Bonchev–Trinajstić information content (AvgIpc) is 2.17. The number of carboxylic acid groups (broad SMARTS) is 1. The molecule has 0 aromatic carbocycles. The standard InChI is InChI=1S/C12H22O2/c1-4-6-7-8-9-11(5-2)10(3)12(13)14/h4-9H2,1-3H3,(H,13,14)/b11-10-. The van der Waals surface area contributed by atoms with Crippen molar-refractivity contribution < 1.29 is 9.90 Å². The van der Waals surface area contributed by atoms with Crippen LogP contribution in [-0.4, -0.2) is 11.1 Å². The van der Waals surface area contributed by atoms with Gasteiger partial charge in [-0.25, -0.2) is 4.79 Å². The van der Waals surface area contributed by atoms with Crippen LogP contribution in [0.5, 0.6) is 0 Å². The lowest BCUT2D eigenvalue weighted by atomic mass is 10.00. The normalized spacial score (nSPS) is 12.5. The van der Waals surface area contributed by atoms with Crippen molar-refractivity contribution in [2.24, 2.45) is 0 Å². The third kappa shape index (κ3) is 5.05. The predicted octanol–water partition coefficient (Wildman–Crippen LogP) is 3.77. The van der Waals surface area contributed by atoms with Crippen LogP contribution >= 0.6 is 0 Å². The van der Waals surface area contributed by atoms with E-state index >= 15 is 0 Å². The van der Waals surface area contributed by atoms with Gasteiger partial charge in [0, 0.05) is 5.57 Å². The minimum Gasteiger partial charge on any atom is -0.478 e. The Kier molecular flexibility index (Phi) is 7.17. The second-order valence-electron chi connectivity index (χ2n) is 3.70. The SMILES string of the molecule is CCCCCC/C(CC)=C(/C)C(=O)O. The monoisotopic (exact) mass is 198 g/mol. The van der Waals surface area contributed by atoms with Gasteiger partial charge in [-0.15, -0.1) is 0 Å². The van der Waals surface area contributed by atoms with E-state index in [1.165, 1.54) is 19.3 Å². The van der Waals surface area contributed by atoms with Crippen LogP contribution in [0.15, 0.2) is 11.1 Å². The van der Waals surface area contributed by atoms with Crippen LogP contribution in [0.2, 0.25) is 0 Å². The van der Waals surface area contributed by atoms with Crippen molar-refractivity contribution in [1.82, 2.24) is 0 Å². The van der Waals surface area contributed by atoms with Crippen LogP contribution in [0.3, 0.4) is 0 Å². The van der Waals surface area contributed by atoms with Crippen molar-refractivity contribution in [3.8, 4) is 0 Å². The topological polar surface area (TPSA) is 37.3 Å². The van der Waals surface area contributed by atoms with E-state index in [1.807, 2.05) is 6.92 Å². The number of hydrogen-bond donors (Lipinski definition) is 1. The molecule has 0 rings (SSSR count). The van der Waals surface area contributed by atoms with Crippen molar-refractivity contribution >= 4 is 5.97 Å². The molecule has 14 heavy (non-hydrogen) atoms. The minimum absolute atomic E-state index is 0.545. The highest BCUT2D eigenvalue weighted by Gasteiger charge is 2.06. The van der Waals surface area contributed by atoms with Gasteiger partial charge >= 0.3 is 5.97 Å². The van der Waals surface area contributed by atoms with E-state index in [1.54, 1.807) is 6.92 Å². The molecule has 0 aromatic heterocycles. The summed E-state index contributed by atoms with van der Waals surface area (Å²) in [7, 11) is 0. The molecule has 0 unspecified atom stereocenters. The molecular weight excluding hydrogens is 176 g/mol. The molecule has 0 radical (unpaired) electrons. The molecule has 0 saturated heterocycles. The Hall–Kier alpha value is -0.790. The van der Waals surface area contributed by atoms with E-state index in [0.717, 1.165) is 24.8 Å². The molecule has 2 heteroatoms. The quantitative estimate of drug-likeness (QED) is 0.499. The zero-order valence-corrected chi connectivity index (χ0v) is 9.60. The molecule has 0 spiro atoms. The molecule has 0 atom stereocenters. The van der Waals surface area contributed by atoms with Crippen molar-refractivity contribution in [2.45, 2.75) is 59.3 Å². The summed E-state index contributed by atoms with van der Waals surface area (Å²) in [5.74, 6) is -0.766. The Morgan fingerprint density at radius 2 is 1.79 bits per heavy atom. The molecule has 0 aliphatic carbocycles. The summed E-state index contributed by atoms with van der Waals surface area (Å²) in [6, 6.07) is 0. The molecular formula is C12H22O2. The van der Waals surface area contributed by atoms with Crippen molar-refractivity contribution in [3.63, 3.8) is 0 Å². The van der Waals surface area contributed by atoms with E-state index in [2.05, 4.69) is 6.92 Å². The second kappa shape index (κ2) is 7.60. The highest BCUT2D eigenvalue weighted by molar-refractivity contribution is 5.86. The molecule has 0 aromatic rings. The number of hydrogen-bond acceptors (Lipinski definition) is 1. The first kappa shape index (κ1) is 13.2. The van der Waals surface area contributed by atoms with Crippen LogP contribution in [0.4, 0.5) is 0 Å². The summed E-state index contributed by atoms with van der Waals surface area (Å²) in [6.07, 6.45) is 6.64. The van der Waals surface area contributed by atoms with E-state index in [0.29, 0.717) is 5.57 Å². The van der Waals surface area contributed by atoms with Crippen molar-refractivity contribution in [1.29, 1.82) is 0 Å². The van der Waals surface area contributed by atoms with Crippen molar-refractivity contribution in [2.75, 3.05) is 0 Å². The maximum Gasteiger partial charge on any atom is 0.331 e. The number of allylic oxidation sites excluding steroid dienone is 1. The lowest BCUT2D eigenvalue weighted by molar-refractivity contribution is -0.132. The van der Waals surface area contributed by atoms with E-state index < -0.39 is 5.97 Å². The molecule has 1 N–H and O–H groups in total. The fourth-order valence-electron chi connectivity index (χ4n) is 1.55. The van der Waals surface area contributed by atoms with Gasteiger partial charge in [0.2, 0.25) is 0 Å². The van der Waals surface area contributed by atoms with Gasteiger partial charge < -0.3 is 5.11 Å². The molecule has 82 valence electrons. The maximum atomic E-state index is 10.7. The lowest BCUT2D eigenvalue weighted by Gasteiger charge is -2.06. The van der Waals surface area contributed by atoms with Gasteiger partial charge in [-0.2, -0.15) is 0 Å². The Morgan fingerprint density at radius 3 is 2.21 bits per heavy atom.